The second kappa shape index (κ2) is 25.2. The Kier molecular flexibility index (Phi) is 20.3. The summed E-state index contributed by atoms with van der Waals surface area (Å²) in [4.78, 5) is 25.2. The molecule has 0 aromatic heterocycles. The molecule has 72 heavy (non-hydrogen) atoms. The van der Waals surface area contributed by atoms with Crippen molar-refractivity contribution in [1.82, 2.24) is 9.80 Å². The molecule has 0 saturated carbocycles. The third-order valence-corrected chi connectivity index (χ3v) is 16.5. The van der Waals surface area contributed by atoms with Gasteiger partial charge in [0.2, 0.25) is 0 Å². The molecular formula is C56H89N3O13. The Morgan fingerprint density at radius 2 is 1.54 bits per heavy atom. The standard InChI is InChI=1S/C56H89N3O13/c1-14-44-56(10,64)49(61)36(4)46(57-67-28-20-19-27-59-25-17-18-26-59)34(2)31-55(9,66-13)51(37(5)48(38(6)52(63)70-44)71-45-32-54(8,65-12)50(62)39(7)69-45)72-53-47(60)43(29-35(3)68-53)58(11)33-40-23-24-41-21-15-16-22-42(41)30-40/h15-16,19-24,30,34-39,43-45,47-51,53,60-62,64H,14,17-18,25-29,31-33H2,1-13H3/b20-19+,57-46+/t34-,35-,36+,37+,38-,39+,43+,44-,45+,47-,48+,49-,50+,51-,53+,54-,55+,56-/m1/s1. The maximum absolute atomic E-state index is 14.7. The number of nitrogens with zero attached hydrogens (tertiary/aromatic N) is 3. The van der Waals surface area contributed by atoms with Crippen molar-refractivity contribution in [2.75, 3.05) is 47.5 Å². The number of fused-ring (bicyclic) bond motifs is 1. The second-order valence-electron chi connectivity index (χ2n) is 22.2. The number of hydrogen-bond acceptors (Lipinski definition) is 16. The maximum atomic E-state index is 14.7. The summed E-state index contributed by atoms with van der Waals surface area (Å²) in [6, 6.07) is 14.3. The third kappa shape index (κ3) is 13.5. The molecule has 0 spiro atoms. The first kappa shape index (κ1) is 58.2. The topological polar surface area (TPSA) is 191 Å². The van der Waals surface area contributed by atoms with Gasteiger partial charge in [-0.25, -0.2) is 0 Å². The SMILES string of the molecule is CC[C@H]1OC(=O)[C@H](C)[C@@H](O[C@H]2C[C@@](C)(OC)[C@@H](O)[C@H](C)O2)[C@H](C)[C@@H](O[C@@H]2O[C@H](C)C[C@H](N(C)Cc3ccc4ccccc4c3)[C@H]2O)[C@@](C)(OC)C[C@@H](C)/C(=N\OC/C=C/CN2CCCC2)[C@H](C)[C@@H](O)[C@]1(C)O. The van der Waals surface area contributed by atoms with Crippen LogP contribution in [0.15, 0.2) is 59.8 Å². The third-order valence-electron chi connectivity index (χ3n) is 16.5. The van der Waals surface area contributed by atoms with Gasteiger partial charge in [-0.2, -0.15) is 0 Å². The predicted molar refractivity (Wildman–Crippen MR) is 276 cm³/mol. The lowest BCUT2D eigenvalue weighted by Gasteiger charge is -2.50. The van der Waals surface area contributed by atoms with Crippen LogP contribution in [0.1, 0.15) is 113 Å². The van der Waals surface area contributed by atoms with E-state index in [2.05, 4.69) is 46.2 Å². The minimum absolute atomic E-state index is 0.126. The Balaban J connectivity index is 1.40. The molecule has 0 bridgehead atoms. The van der Waals surface area contributed by atoms with Crippen LogP contribution in [-0.4, -0.2) is 174 Å². The number of methoxy groups -OCH3 is 2. The van der Waals surface area contributed by atoms with Crippen molar-refractivity contribution in [3.63, 3.8) is 0 Å². The van der Waals surface area contributed by atoms with Gasteiger partial charge in [0.05, 0.1) is 53.4 Å². The summed E-state index contributed by atoms with van der Waals surface area (Å²) < 4.78 is 45.8. The highest BCUT2D eigenvalue weighted by Crippen LogP contribution is 2.42. The first-order valence-electron chi connectivity index (χ1n) is 26.5. The van der Waals surface area contributed by atoms with Gasteiger partial charge in [-0.1, -0.05) is 75.3 Å². The number of hydrogen-bond donors (Lipinski definition) is 4. The molecule has 4 saturated heterocycles. The molecule has 0 aliphatic carbocycles. The minimum atomic E-state index is -1.93. The molecular weight excluding hydrogens is 923 g/mol. The zero-order chi connectivity index (χ0) is 52.7. The fraction of sp³-hybridized carbons (Fsp3) is 0.750. The molecule has 2 aromatic carbocycles. The minimum Gasteiger partial charge on any atom is -0.459 e. The summed E-state index contributed by atoms with van der Waals surface area (Å²) >= 11 is 0. The average molecular weight is 1010 g/mol. The summed E-state index contributed by atoms with van der Waals surface area (Å²) in [6.45, 7) is 21.8. The van der Waals surface area contributed by atoms with Gasteiger partial charge in [0.15, 0.2) is 12.6 Å². The Bertz CT molecular complexity index is 2100. The Morgan fingerprint density at radius 3 is 2.21 bits per heavy atom. The number of rotatable bonds is 15. The summed E-state index contributed by atoms with van der Waals surface area (Å²) in [6.07, 6.45) is -2.32. The van der Waals surface area contributed by atoms with E-state index in [1.165, 1.54) is 26.9 Å². The van der Waals surface area contributed by atoms with E-state index in [1.807, 2.05) is 53.0 Å². The predicted octanol–water partition coefficient (Wildman–Crippen LogP) is 6.62. The largest absolute Gasteiger partial charge is 0.459 e. The van der Waals surface area contributed by atoms with E-state index in [1.54, 1.807) is 41.7 Å². The lowest BCUT2D eigenvalue weighted by Crippen LogP contribution is -2.61. The smallest absolute Gasteiger partial charge is 0.311 e. The van der Waals surface area contributed by atoms with Crippen LogP contribution >= 0.6 is 0 Å². The van der Waals surface area contributed by atoms with E-state index >= 15 is 0 Å². The van der Waals surface area contributed by atoms with Crippen LogP contribution in [0, 0.1) is 23.7 Å². The van der Waals surface area contributed by atoms with Crippen LogP contribution in [0.4, 0.5) is 0 Å². The summed E-state index contributed by atoms with van der Waals surface area (Å²) in [5.74, 6) is -3.68. The second-order valence-corrected chi connectivity index (χ2v) is 22.2. The quantitative estimate of drug-likeness (QED) is 0.0644. The fourth-order valence-electron chi connectivity index (χ4n) is 11.8. The number of aliphatic hydroxyl groups is 4. The van der Waals surface area contributed by atoms with Crippen LogP contribution in [0.25, 0.3) is 10.8 Å². The van der Waals surface area contributed by atoms with Gasteiger partial charge < -0.3 is 58.4 Å². The van der Waals surface area contributed by atoms with Gasteiger partial charge in [0, 0.05) is 57.5 Å². The summed E-state index contributed by atoms with van der Waals surface area (Å²) in [5, 5.41) is 55.1. The highest BCUT2D eigenvalue weighted by molar-refractivity contribution is 5.89. The Hall–Kier alpha value is -3.10. The molecule has 4 aliphatic heterocycles. The van der Waals surface area contributed by atoms with Gasteiger partial charge in [0.1, 0.15) is 30.5 Å². The van der Waals surface area contributed by atoms with Gasteiger partial charge >= 0.3 is 5.97 Å². The van der Waals surface area contributed by atoms with Crippen molar-refractivity contribution in [3.05, 3.63) is 60.2 Å². The molecule has 16 heteroatoms. The summed E-state index contributed by atoms with van der Waals surface area (Å²) in [7, 11) is 5.12. The van der Waals surface area contributed by atoms with Gasteiger partial charge in [-0.3, -0.25) is 14.6 Å². The zero-order valence-electron chi connectivity index (χ0n) is 45.4. The molecule has 4 aliphatic rings. The number of oxime groups is 1. The number of ether oxygens (including phenoxy) is 7. The Labute approximate surface area is 429 Å². The highest BCUT2D eigenvalue weighted by Gasteiger charge is 2.54. The van der Waals surface area contributed by atoms with E-state index in [0.29, 0.717) is 18.7 Å². The molecule has 0 amide bonds. The molecule has 0 unspecified atom stereocenters. The molecule has 6 rings (SSSR count). The normalized spacial score (nSPS) is 40.7. The van der Waals surface area contributed by atoms with E-state index in [0.717, 1.165) is 36.0 Å². The highest BCUT2D eigenvalue weighted by atomic mass is 16.7. The maximum Gasteiger partial charge on any atom is 0.311 e. The van der Waals surface area contributed by atoms with Gasteiger partial charge in [-0.15, -0.1) is 0 Å². The Morgan fingerprint density at radius 1 is 0.861 bits per heavy atom. The van der Waals surface area contributed by atoms with Crippen molar-refractivity contribution in [1.29, 1.82) is 0 Å². The molecule has 4 N–H and O–H groups in total. The number of likely N-dealkylation sites (tertiary alicyclic amines) is 1. The molecule has 18 atom stereocenters. The van der Waals surface area contributed by atoms with Crippen molar-refractivity contribution in [2.24, 2.45) is 28.8 Å². The van der Waals surface area contributed by atoms with Crippen LogP contribution in [0.2, 0.25) is 0 Å². The lowest BCUT2D eigenvalue weighted by atomic mass is 9.73. The number of carbonyl (C=O) groups excluding carboxylic acids is 1. The molecule has 2 aromatic rings. The van der Waals surface area contributed by atoms with Crippen molar-refractivity contribution in [2.45, 2.75) is 199 Å². The zero-order valence-corrected chi connectivity index (χ0v) is 45.4. The van der Waals surface area contributed by atoms with Crippen LogP contribution in [-0.2, 0) is 49.3 Å². The molecule has 406 valence electrons. The van der Waals surface area contributed by atoms with E-state index in [4.69, 9.17) is 43.2 Å². The van der Waals surface area contributed by atoms with Crippen molar-refractivity contribution < 1.29 is 63.2 Å². The van der Waals surface area contributed by atoms with Gasteiger partial charge in [-0.05, 0) is 122 Å². The monoisotopic (exact) mass is 1010 g/mol. The molecule has 4 fully saturated rings. The lowest BCUT2D eigenvalue weighted by molar-refractivity contribution is -0.319. The first-order valence-corrected chi connectivity index (χ1v) is 26.5. The number of benzene rings is 2. The summed E-state index contributed by atoms with van der Waals surface area (Å²) in [5.41, 5.74) is -2.65. The van der Waals surface area contributed by atoms with Gasteiger partial charge in [0.25, 0.3) is 0 Å². The molecule has 16 nitrogen and oxygen atoms in total. The van der Waals surface area contributed by atoms with Crippen molar-refractivity contribution in [3.8, 4) is 0 Å². The number of esters is 1. The van der Waals surface area contributed by atoms with E-state index < -0.39 is 102 Å². The van der Waals surface area contributed by atoms with Crippen LogP contribution in [0.3, 0.4) is 0 Å². The van der Waals surface area contributed by atoms with E-state index in [9.17, 15) is 25.2 Å². The number of aliphatic hydroxyl groups excluding tert-OH is 3. The average Bonchev–Trinajstić information content (AvgIpc) is 3.88. The number of carbonyl (C=O) groups is 1. The van der Waals surface area contributed by atoms with Crippen LogP contribution in [0.5, 0.6) is 0 Å². The molecule has 0 radical (unpaired) electrons. The van der Waals surface area contributed by atoms with Crippen LogP contribution < -0.4 is 0 Å². The van der Waals surface area contributed by atoms with E-state index in [-0.39, 0.29) is 38.0 Å². The number of likely N-dealkylation sites (N-methyl/N-ethyl adjacent to an activating group) is 1. The number of cyclic esters (lactones) is 1. The molecule has 4 heterocycles. The fourth-order valence-corrected chi connectivity index (χ4v) is 11.8. The first-order chi connectivity index (χ1) is 34.1. The van der Waals surface area contributed by atoms with Crippen molar-refractivity contribution >= 4 is 22.5 Å².